The molecule has 0 spiro atoms. The highest BCUT2D eigenvalue weighted by atomic mass is 16.5. The number of ether oxygens (including phenoxy) is 1. The van der Waals surface area contributed by atoms with Crippen LogP contribution in [0.1, 0.15) is 27.3 Å². The molecule has 0 radical (unpaired) electrons. The first-order valence-corrected chi connectivity index (χ1v) is 8.08. The number of nitrogens with zero attached hydrogens (tertiary/aromatic N) is 3. The highest BCUT2D eigenvalue weighted by molar-refractivity contribution is 5.91. The lowest BCUT2D eigenvalue weighted by Gasteiger charge is -2.09. The Kier molecular flexibility index (Phi) is 5.07. The van der Waals surface area contributed by atoms with E-state index in [1.165, 1.54) is 0 Å². The average molecular weight is 349 g/mol. The van der Waals surface area contributed by atoms with Gasteiger partial charge in [-0.25, -0.2) is 4.79 Å². The summed E-state index contributed by atoms with van der Waals surface area (Å²) in [6, 6.07) is 15.0. The topological polar surface area (TPSA) is 103 Å². The second-order valence-electron chi connectivity index (χ2n) is 5.82. The van der Waals surface area contributed by atoms with Crippen molar-refractivity contribution in [3.63, 3.8) is 0 Å². The highest BCUT2D eigenvalue weighted by Crippen LogP contribution is 2.15. The van der Waals surface area contributed by atoms with Crippen LogP contribution in [-0.2, 0) is 11.3 Å². The molecule has 0 atom stereocenters. The monoisotopic (exact) mass is 349 g/mol. The van der Waals surface area contributed by atoms with Crippen molar-refractivity contribution in [2.75, 3.05) is 11.1 Å². The van der Waals surface area contributed by atoms with Crippen LogP contribution in [0, 0.1) is 13.8 Å². The SMILES string of the molecule is Cc1ccc(C(=O)OCc2nc(N)nc(Nc3ccccc3)n2)c(C)c1. The number of nitrogens with two attached hydrogens (primary N) is 1. The zero-order chi connectivity index (χ0) is 18.5. The van der Waals surface area contributed by atoms with Gasteiger partial charge in [-0.2, -0.15) is 15.0 Å². The third kappa shape index (κ3) is 4.32. The zero-order valence-electron chi connectivity index (χ0n) is 14.6. The van der Waals surface area contributed by atoms with E-state index in [1.54, 1.807) is 6.07 Å². The molecule has 0 aliphatic carbocycles. The Bertz CT molecular complexity index is 928. The molecule has 7 heteroatoms. The van der Waals surface area contributed by atoms with Gasteiger partial charge < -0.3 is 15.8 Å². The molecule has 0 saturated heterocycles. The van der Waals surface area contributed by atoms with Crippen molar-refractivity contribution < 1.29 is 9.53 Å². The van der Waals surface area contributed by atoms with Crippen molar-refractivity contribution in [1.29, 1.82) is 0 Å². The van der Waals surface area contributed by atoms with Gasteiger partial charge in [0.05, 0.1) is 5.56 Å². The third-order valence-corrected chi connectivity index (χ3v) is 3.66. The molecule has 2 aromatic carbocycles. The lowest BCUT2D eigenvalue weighted by Crippen LogP contribution is -2.12. The Hall–Kier alpha value is -3.48. The van der Waals surface area contributed by atoms with Gasteiger partial charge in [0.2, 0.25) is 11.9 Å². The first kappa shape index (κ1) is 17.3. The fourth-order valence-corrected chi connectivity index (χ4v) is 2.46. The van der Waals surface area contributed by atoms with Gasteiger partial charge >= 0.3 is 5.97 Å². The number of carbonyl (C=O) groups excluding carboxylic acids is 1. The minimum absolute atomic E-state index is 0.0518. The summed E-state index contributed by atoms with van der Waals surface area (Å²) in [5, 5.41) is 3.04. The summed E-state index contributed by atoms with van der Waals surface area (Å²) < 4.78 is 5.32. The molecule has 0 aliphatic rings. The van der Waals surface area contributed by atoms with Crippen molar-refractivity contribution in [1.82, 2.24) is 15.0 Å². The van der Waals surface area contributed by atoms with Gasteiger partial charge in [0.1, 0.15) is 0 Å². The van der Waals surface area contributed by atoms with Crippen LogP contribution < -0.4 is 11.1 Å². The van der Waals surface area contributed by atoms with E-state index in [4.69, 9.17) is 10.5 Å². The number of nitrogens with one attached hydrogen (secondary N) is 1. The molecule has 0 unspecified atom stereocenters. The van der Waals surface area contributed by atoms with E-state index in [-0.39, 0.29) is 18.4 Å². The number of aromatic nitrogens is 3. The number of rotatable bonds is 5. The Balaban J connectivity index is 1.70. The standard InChI is InChI=1S/C19H19N5O2/c1-12-8-9-15(13(2)10-12)17(25)26-11-16-22-18(20)24-19(23-16)21-14-6-4-3-5-7-14/h3-10H,11H2,1-2H3,(H3,20,21,22,23,24). The van der Waals surface area contributed by atoms with Gasteiger partial charge in [0.25, 0.3) is 0 Å². The average Bonchev–Trinajstić information content (AvgIpc) is 2.60. The molecule has 0 fully saturated rings. The number of para-hydroxylation sites is 1. The van der Waals surface area contributed by atoms with E-state index >= 15 is 0 Å². The lowest BCUT2D eigenvalue weighted by atomic mass is 10.1. The smallest absolute Gasteiger partial charge is 0.338 e. The van der Waals surface area contributed by atoms with E-state index < -0.39 is 5.97 Å². The first-order valence-electron chi connectivity index (χ1n) is 8.08. The molecule has 26 heavy (non-hydrogen) atoms. The molecule has 7 nitrogen and oxygen atoms in total. The van der Waals surface area contributed by atoms with Crippen LogP contribution in [0.4, 0.5) is 17.6 Å². The molecule has 1 aromatic heterocycles. The number of nitrogen functional groups attached to an aromatic ring is 1. The van der Waals surface area contributed by atoms with Gasteiger partial charge in [-0.05, 0) is 37.6 Å². The van der Waals surface area contributed by atoms with Crippen LogP contribution in [0.5, 0.6) is 0 Å². The van der Waals surface area contributed by atoms with Crippen LogP contribution >= 0.6 is 0 Å². The maximum atomic E-state index is 12.3. The normalized spacial score (nSPS) is 10.4. The van der Waals surface area contributed by atoms with Gasteiger partial charge in [-0.3, -0.25) is 0 Å². The van der Waals surface area contributed by atoms with E-state index in [0.717, 1.165) is 16.8 Å². The fourth-order valence-electron chi connectivity index (χ4n) is 2.46. The van der Waals surface area contributed by atoms with Crippen LogP contribution in [-0.4, -0.2) is 20.9 Å². The van der Waals surface area contributed by atoms with E-state index in [2.05, 4.69) is 20.3 Å². The van der Waals surface area contributed by atoms with E-state index in [9.17, 15) is 4.79 Å². The molecule has 0 saturated carbocycles. The summed E-state index contributed by atoms with van der Waals surface area (Å²) in [6.07, 6.45) is 0. The van der Waals surface area contributed by atoms with Gasteiger partial charge in [-0.15, -0.1) is 0 Å². The lowest BCUT2D eigenvalue weighted by molar-refractivity contribution is 0.0461. The van der Waals surface area contributed by atoms with Crippen molar-refractivity contribution in [2.24, 2.45) is 0 Å². The van der Waals surface area contributed by atoms with Crippen molar-refractivity contribution in [3.8, 4) is 0 Å². The Labute approximate surface area is 151 Å². The number of hydrogen-bond acceptors (Lipinski definition) is 7. The zero-order valence-corrected chi connectivity index (χ0v) is 14.6. The predicted octanol–water partition coefficient (Wildman–Crippen LogP) is 3.17. The second-order valence-corrected chi connectivity index (χ2v) is 5.82. The quantitative estimate of drug-likeness (QED) is 0.682. The summed E-state index contributed by atoms with van der Waals surface area (Å²) >= 11 is 0. The Morgan fingerprint density at radius 3 is 2.58 bits per heavy atom. The minimum atomic E-state index is -0.431. The predicted molar refractivity (Wildman–Crippen MR) is 99.0 cm³/mol. The van der Waals surface area contributed by atoms with E-state index in [1.807, 2.05) is 56.3 Å². The molecule has 132 valence electrons. The number of benzene rings is 2. The minimum Gasteiger partial charge on any atom is -0.454 e. The summed E-state index contributed by atoms with van der Waals surface area (Å²) in [4.78, 5) is 24.6. The molecule has 1 heterocycles. The van der Waals surface area contributed by atoms with Crippen molar-refractivity contribution in [3.05, 3.63) is 71.0 Å². The summed E-state index contributed by atoms with van der Waals surface area (Å²) in [6.45, 7) is 3.74. The second kappa shape index (κ2) is 7.60. The Morgan fingerprint density at radius 2 is 1.85 bits per heavy atom. The van der Waals surface area contributed by atoms with Crippen molar-refractivity contribution in [2.45, 2.75) is 20.5 Å². The van der Waals surface area contributed by atoms with Gasteiger partial charge in [-0.1, -0.05) is 35.9 Å². The molecule has 0 bridgehead atoms. The number of hydrogen-bond donors (Lipinski definition) is 2. The third-order valence-electron chi connectivity index (χ3n) is 3.66. The molecular weight excluding hydrogens is 330 g/mol. The van der Waals surface area contributed by atoms with Crippen molar-refractivity contribution >= 4 is 23.6 Å². The number of esters is 1. The number of aryl methyl sites for hydroxylation is 2. The number of carbonyl (C=O) groups is 1. The fraction of sp³-hybridized carbons (Fsp3) is 0.158. The molecule has 3 rings (SSSR count). The summed E-state index contributed by atoms with van der Waals surface area (Å²) in [5.41, 5.74) is 9.00. The maximum Gasteiger partial charge on any atom is 0.338 e. The van der Waals surface area contributed by atoms with Gasteiger partial charge in [0, 0.05) is 5.69 Å². The molecule has 3 aromatic rings. The van der Waals surface area contributed by atoms with E-state index in [0.29, 0.717) is 11.5 Å². The molecular formula is C19H19N5O2. The summed E-state index contributed by atoms with van der Waals surface area (Å²) in [5.74, 6) is 0.186. The summed E-state index contributed by atoms with van der Waals surface area (Å²) in [7, 11) is 0. The molecule has 0 amide bonds. The first-order chi connectivity index (χ1) is 12.5. The van der Waals surface area contributed by atoms with Crippen LogP contribution in [0.2, 0.25) is 0 Å². The van der Waals surface area contributed by atoms with Crippen LogP contribution in [0.3, 0.4) is 0 Å². The van der Waals surface area contributed by atoms with Crippen LogP contribution in [0.15, 0.2) is 48.5 Å². The molecule has 0 aliphatic heterocycles. The maximum absolute atomic E-state index is 12.3. The number of anilines is 3. The highest BCUT2D eigenvalue weighted by Gasteiger charge is 2.12. The van der Waals surface area contributed by atoms with Gasteiger partial charge in [0.15, 0.2) is 12.4 Å². The van der Waals surface area contributed by atoms with Crippen LogP contribution in [0.25, 0.3) is 0 Å². The largest absolute Gasteiger partial charge is 0.454 e. The molecule has 3 N–H and O–H groups in total. The Morgan fingerprint density at radius 1 is 1.08 bits per heavy atom.